The Kier molecular flexibility index (Phi) is 8.80. The molecule has 0 amide bonds. The van der Waals surface area contributed by atoms with Crippen molar-refractivity contribution in [1.29, 1.82) is 5.26 Å². The van der Waals surface area contributed by atoms with Gasteiger partial charge in [0, 0.05) is 19.0 Å². The van der Waals surface area contributed by atoms with Crippen LogP contribution in [0.15, 0.2) is 36.4 Å². The largest absolute Gasteiger partial charge is 0.493 e. The predicted molar refractivity (Wildman–Crippen MR) is 142 cm³/mol. The summed E-state index contributed by atoms with van der Waals surface area (Å²) in [7, 11) is 7.45. The number of rotatable bonds is 12. The number of ether oxygens (including phenoxy) is 2. The molecule has 2 aromatic carbocycles. The average molecular weight is 477 g/mol. The number of hydrogen-bond donors (Lipinski definition) is 0. The normalized spacial score (nSPS) is 13.3. The van der Waals surface area contributed by atoms with Gasteiger partial charge < -0.3 is 14.4 Å². The van der Waals surface area contributed by atoms with Gasteiger partial charge in [0.05, 0.1) is 36.9 Å². The lowest BCUT2D eigenvalue weighted by molar-refractivity contribution is 0.292. The van der Waals surface area contributed by atoms with E-state index in [0.29, 0.717) is 11.5 Å². The van der Waals surface area contributed by atoms with Crippen molar-refractivity contribution in [2.75, 3.05) is 34.4 Å². The third-order valence-corrected chi connectivity index (χ3v) is 7.30. The molecule has 188 valence electrons. The fourth-order valence-electron chi connectivity index (χ4n) is 4.98. The summed E-state index contributed by atoms with van der Waals surface area (Å²) >= 11 is 0. The lowest BCUT2D eigenvalue weighted by Crippen LogP contribution is -2.32. The van der Waals surface area contributed by atoms with Gasteiger partial charge in [-0.1, -0.05) is 39.0 Å². The Hall–Kier alpha value is -3.04. The van der Waals surface area contributed by atoms with Gasteiger partial charge in [0.25, 0.3) is 0 Å². The summed E-state index contributed by atoms with van der Waals surface area (Å²) in [5.74, 6) is 1.52. The number of likely N-dealkylation sites (N-methyl/N-ethyl adjacent to an activating group) is 1. The van der Waals surface area contributed by atoms with Gasteiger partial charge in [0.2, 0.25) is 0 Å². The number of methoxy groups -OCH3 is 2. The summed E-state index contributed by atoms with van der Waals surface area (Å²) in [5.41, 5.74) is 4.11. The van der Waals surface area contributed by atoms with E-state index in [4.69, 9.17) is 9.47 Å². The van der Waals surface area contributed by atoms with Crippen LogP contribution < -0.4 is 9.47 Å². The van der Waals surface area contributed by atoms with Gasteiger partial charge >= 0.3 is 0 Å². The van der Waals surface area contributed by atoms with E-state index in [1.54, 1.807) is 14.2 Å². The molecule has 0 saturated heterocycles. The van der Waals surface area contributed by atoms with Crippen LogP contribution in [0, 0.1) is 17.2 Å². The van der Waals surface area contributed by atoms with Crippen LogP contribution in [0.1, 0.15) is 50.4 Å². The zero-order valence-electron chi connectivity index (χ0n) is 22.4. The topological polar surface area (TPSA) is 63.3 Å². The van der Waals surface area contributed by atoms with Gasteiger partial charge in [-0.05, 0) is 74.5 Å². The minimum absolute atomic E-state index is 0.176. The first-order valence-corrected chi connectivity index (χ1v) is 12.6. The summed E-state index contributed by atoms with van der Waals surface area (Å²) in [5, 5.41) is 16.2. The van der Waals surface area contributed by atoms with E-state index in [1.807, 2.05) is 29.9 Å². The zero-order valence-corrected chi connectivity index (χ0v) is 22.4. The van der Waals surface area contributed by atoms with Crippen LogP contribution >= 0.6 is 0 Å². The second-order valence-corrected chi connectivity index (χ2v) is 9.74. The Morgan fingerprint density at radius 3 is 2.46 bits per heavy atom. The molecule has 1 heterocycles. The van der Waals surface area contributed by atoms with Crippen molar-refractivity contribution in [3.05, 3.63) is 53.2 Å². The second kappa shape index (κ2) is 11.6. The molecule has 0 bridgehead atoms. The summed E-state index contributed by atoms with van der Waals surface area (Å²) in [6.45, 7) is 8.32. The van der Waals surface area contributed by atoms with Crippen LogP contribution in [0.5, 0.6) is 11.5 Å². The van der Waals surface area contributed by atoms with Crippen LogP contribution in [-0.2, 0) is 25.3 Å². The van der Waals surface area contributed by atoms with Crippen LogP contribution in [-0.4, -0.2) is 49.0 Å². The Bertz CT molecular complexity index is 1180. The van der Waals surface area contributed by atoms with Gasteiger partial charge in [-0.2, -0.15) is 10.4 Å². The highest BCUT2D eigenvalue weighted by molar-refractivity contribution is 5.82. The van der Waals surface area contributed by atoms with Crippen molar-refractivity contribution in [2.45, 2.75) is 51.9 Å². The number of aryl methyl sites for hydroxylation is 2. The van der Waals surface area contributed by atoms with E-state index in [-0.39, 0.29) is 5.92 Å². The van der Waals surface area contributed by atoms with Gasteiger partial charge in [0.15, 0.2) is 11.5 Å². The first-order chi connectivity index (χ1) is 16.8. The maximum absolute atomic E-state index is 10.3. The Morgan fingerprint density at radius 2 is 1.83 bits per heavy atom. The van der Waals surface area contributed by atoms with Crippen molar-refractivity contribution in [1.82, 2.24) is 14.7 Å². The van der Waals surface area contributed by atoms with Crippen molar-refractivity contribution in [3.63, 3.8) is 0 Å². The van der Waals surface area contributed by atoms with Crippen molar-refractivity contribution >= 4 is 10.9 Å². The van der Waals surface area contributed by atoms with Crippen molar-refractivity contribution < 1.29 is 9.47 Å². The molecule has 6 heteroatoms. The van der Waals surface area contributed by atoms with E-state index in [2.05, 4.69) is 62.1 Å². The molecule has 0 N–H and O–H groups in total. The van der Waals surface area contributed by atoms with Crippen LogP contribution in [0.3, 0.4) is 0 Å². The van der Waals surface area contributed by atoms with Crippen LogP contribution in [0.4, 0.5) is 0 Å². The number of benzene rings is 2. The smallest absolute Gasteiger partial charge is 0.161 e. The molecule has 0 saturated carbocycles. The van der Waals surface area contributed by atoms with E-state index in [0.717, 1.165) is 50.0 Å². The lowest BCUT2D eigenvalue weighted by atomic mass is 9.69. The maximum atomic E-state index is 10.3. The molecule has 3 aromatic rings. The summed E-state index contributed by atoms with van der Waals surface area (Å²) in [6, 6.07) is 15.2. The third-order valence-electron chi connectivity index (χ3n) is 7.30. The average Bonchev–Trinajstić information content (AvgIpc) is 3.19. The molecule has 0 radical (unpaired) electrons. The van der Waals surface area contributed by atoms with Crippen molar-refractivity contribution in [2.24, 2.45) is 13.0 Å². The third kappa shape index (κ3) is 5.62. The number of fused-ring (bicyclic) bond motifs is 1. The highest BCUT2D eigenvalue weighted by Gasteiger charge is 2.36. The molecule has 0 aliphatic carbocycles. The van der Waals surface area contributed by atoms with E-state index in [1.165, 1.54) is 16.5 Å². The molecular weight excluding hydrogens is 436 g/mol. The van der Waals surface area contributed by atoms with Gasteiger partial charge in [0.1, 0.15) is 0 Å². The lowest BCUT2D eigenvalue weighted by Gasteiger charge is -2.32. The van der Waals surface area contributed by atoms with Crippen LogP contribution in [0.25, 0.3) is 10.9 Å². The monoisotopic (exact) mass is 476 g/mol. The molecule has 1 unspecified atom stereocenters. The molecule has 3 rings (SSSR count). The Morgan fingerprint density at radius 1 is 1.09 bits per heavy atom. The molecule has 0 fully saturated rings. The fourth-order valence-corrected chi connectivity index (χ4v) is 4.98. The SMILES string of the molecule is CCc1nn(C)c2cc(CCN(C)CCCC(C#N)(c3ccc(OC)c(OC)c3)C(C)C)ccc12. The number of nitrogens with zero attached hydrogens (tertiary/aromatic N) is 4. The number of aromatic nitrogens is 2. The fraction of sp³-hybridized carbons (Fsp3) is 0.517. The second-order valence-electron chi connectivity index (χ2n) is 9.74. The zero-order chi connectivity index (χ0) is 25.6. The number of hydrogen-bond acceptors (Lipinski definition) is 5. The highest BCUT2D eigenvalue weighted by atomic mass is 16.5. The molecule has 0 aliphatic rings. The first kappa shape index (κ1) is 26.6. The van der Waals surface area contributed by atoms with Gasteiger partial charge in [-0.15, -0.1) is 0 Å². The Labute approximate surface area is 210 Å². The summed E-state index contributed by atoms with van der Waals surface area (Å²) in [6.07, 6.45) is 3.67. The molecule has 0 aliphatic heterocycles. The quantitative estimate of drug-likeness (QED) is 0.344. The van der Waals surface area contributed by atoms with E-state index >= 15 is 0 Å². The molecule has 1 atom stereocenters. The van der Waals surface area contributed by atoms with E-state index in [9.17, 15) is 5.26 Å². The first-order valence-electron chi connectivity index (χ1n) is 12.6. The van der Waals surface area contributed by atoms with Gasteiger partial charge in [-0.25, -0.2) is 0 Å². The van der Waals surface area contributed by atoms with Gasteiger partial charge in [-0.3, -0.25) is 4.68 Å². The predicted octanol–water partition coefficient (Wildman–Crippen LogP) is 5.52. The molecular formula is C29H40N4O2. The van der Waals surface area contributed by atoms with Crippen LogP contribution in [0.2, 0.25) is 0 Å². The molecule has 6 nitrogen and oxygen atoms in total. The highest BCUT2D eigenvalue weighted by Crippen LogP contribution is 2.40. The number of nitriles is 1. The Balaban J connectivity index is 1.63. The van der Waals surface area contributed by atoms with E-state index < -0.39 is 5.41 Å². The minimum atomic E-state index is -0.568. The molecule has 35 heavy (non-hydrogen) atoms. The van der Waals surface area contributed by atoms with Crippen molar-refractivity contribution in [3.8, 4) is 17.6 Å². The minimum Gasteiger partial charge on any atom is -0.493 e. The molecule has 1 aromatic heterocycles. The molecule has 0 spiro atoms. The summed E-state index contributed by atoms with van der Waals surface area (Å²) in [4.78, 5) is 2.36. The maximum Gasteiger partial charge on any atom is 0.161 e. The standard InChI is InChI=1S/C29H40N4O2/c1-8-25-24-12-10-22(18-26(24)33(5)31-25)14-17-32(4)16-9-15-29(20-30,21(2)3)23-11-13-27(34-6)28(19-23)35-7/h10-13,18-19,21H,8-9,14-17H2,1-7H3. The summed E-state index contributed by atoms with van der Waals surface area (Å²) < 4.78 is 12.9.